The molecule has 0 unspecified atom stereocenters. The second-order valence-electron chi connectivity index (χ2n) is 5.76. The van der Waals surface area contributed by atoms with Gasteiger partial charge in [0.1, 0.15) is 0 Å². The molecule has 2 aromatic rings. The molecule has 0 N–H and O–H groups in total. The Morgan fingerprint density at radius 3 is 3.09 bits per heavy atom. The topological polar surface area (TPSA) is 30.3 Å². The van der Waals surface area contributed by atoms with Gasteiger partial charge in [0, 0.05) is 36.3 Å². The molecule has 0 radical (unpaired) electrons. The molecular formula is C17H23N3OS. The van der Waals surface area contributed by atoms with Crippen molar-refractivity contribution in [2.45, 2.75) is 25.9 Å². The van der Waals surface area contributed by atoms with Crippen LogP contribution in [0.1, 0.15) is 27.2 Å². The summed E-state index contributed by atoms with van der Waals surface area (Å²) in [5.41, 5.74) is 2.51. The van der Waals surface area contributed by atoms with E-state index in [1.54, 1.807) is 6.08 Å². The Morgan fingerprint density at radius 2 is 2.36 bits per heavy atom. The lowest BCUT2D eigenvalue weighted by molar-refractivity contribution is 0.0592. The average Bonchev–Trinajstić information content (AvgIpc) is 3.08. The summed E-state index contributed by atoms with van der Waals surface area (Å²) in [5, 5.41) is 0. The van der Waals surface area contributed by atoms with Gasteiger partial charge in [-0.25, -0.2) is 4.98 Å². The molecule has 0 fully saturated rings. The molecular weight excluding hydrogens is 294 g/mol. The number of imidazole rings is 1. The predicted octanol–water partition coefficient (Wildman–Crippen LogP) is 3.09. The third-order valence-electron chi connectivity index (χ3n) is 4.12. The van der Waals surface area contributed by atoms with Crippen LogP contribution in [0, 0.1) is 6.92 Å². The number of aromatic nitrogens is 2. The van der Waals surface area contributed by atoms with E-state index in [0.29, 0.717) is 13.2 Å². The summed E-state index contributed by atoms with van der Waals surface area (Å²) >= 11 is 1.88. The molecule has 0 saturated heterocycles. The van der Waals surface area contributed by atoms with Crippen molar-refractivity contribution in [2.75, 3.05) is 19.8 Å². The second-order valence-corrected chi connectivity index (χ2v) is 7.13. The highest BCUT2D eigenvalue weighted by Gasteiger charge is 2.31. The Hall–Kier alpha value is -1.43. The Kier molecular flexibility index (Phi) is 4.76. The lowest BCUT2D eigenvalue weighted by Gasteiger charge is -2.35. The standard InChI is InChI=1S/C17H23N3OS/c1-4-9-21-11-16-17-15(18-12-19(17)3)7-8-20(16)10-14-6-5-13(2)22-14/h4-6,12,16H,1,7-11H2,2-3H3/t16-/m1/s1. The first-order chi connectivity index (χ1) is 10.7. The van der Waals surface area contributed by atoms with E-state index in [4.69, 9.17) is 4.74 Å². The van der Waals surface area contributed by atoms with Gasteiger partial charge in [0.2, 0.25) is 0 Å². The molecule has 1 atom stereocenters. The summed E-state index contributed by atoms with van der Waals surface area (Å²) < 4.78 is 7.92. The van der Waals surface area contributed by atoms with Gasteiger partial charge in [-0.05, 0) is 19.1 Å². The largest absolute Gasteiger partial charge is 0.375 e. The summed E-state index contributed by atoms with van der Waals surface area (Å²) in [6, 6.07) is 4.70. The van der Waals surface area contributed by atoms with Crippen molar-refractivity contribution in [1.29, 1.82) is 0 Å². The minimum atomic E-state index is 0.263. The highest BCUT2D eigenvalue weighted by molar-refractivity contribution is 7.11. The zero-order valence-electron chi connectivity index (χ0n) is 13.3. The van der Waals surface area contributed by atoms with Crippen molar-refractivity contribution < 1.29 is 4.74 Å². The van der Waals surface area contributed by atoms with Crippen LogP contribution in [0.3, 0.4) is 0 Å². The third-order valence-corrected chi connectivity index (χ3v) is 5.11. The SMILES string of the molecule is C=CCOC[C@@H]1c2c(ncn2C)CCN1Cc1ccc(C)s1. The van der Waals surface area contributed by atoms with Crippen LogP contribution in [0.5, 0.6) is 0 Å². The van der Waals surface area contributed by atoms with Gasteiger partial charge in [0.05, 0.1) is 37.0 Å². The van der Waals surface area contributed by atoms with E-state index in [2.05, 4.69) is 47.1 Å². The van der Waals surface area contributed by atoms with E-state index >= 15 is 0 Å². The maximum Gasteiger partial charge on any atom is 0.0949 e. The molecule has 0 amide bonds. The van der Waals surface area contributed by atoms with E-state index in [1.807, 2.05) is 17.7 Å². The fraction of sp³-hybridized carbons (Fsp3) is 0.471. The fourth-order valence-corrected chi connectivity index (χ4v) is 4.01. The van der Waals surface area contributed by atoms with Crippen LogP contribution in [-0.2, 0) is 24.8 Å². The predicted molar refractivity (Wildman–Crippen MR) is 90.1 cm³/mol. The quantitative estimate of drug-likeness (QED) is 0.606. The van der Waals surface area contributed by atoms with Crippen LogP contribution in [0.25, 0.3) is 0 Å². The lowest BCUT2D eigenvalue weighted by atomic mass is 10.0. The smallest absolute Gasteiger partial charge is 0.0949 e. The number of nitrogens with zero attached hydrogens (tertiary/aromatic N) is 3. The number of rotatable bonds is 6. The first-order valence-corrected chi connectivity index (χ1v) is 8.48. The van der Waals surface area contributed by atoms with Crippen LogP contribution in [-0.4, -0.2) is 34.2 Å². The van der Waals surface area contributed by atoms with Crippen molar-refractivity contribution in [3.63, 3.8) is 0 Å². The first-order valence-electron chi connectivity index (χ1n) is 7.67. The molecule has 22 heavy (non-hydrogen) atoms. The van der Waals surface area contributed by atoms with Crippen LogP contribution in [0.2, 0.25) is 0 Å². The summed E-state index contributed by atoms with van der Waals surface area (Å²) in [5.74, 6) is 0. The number of hydrogen-bond acceptors (Lipinski definition) is 4. The molecule has 0 aromatic carbocycles. The van der Waals surface area contributed by atoms with Crippen LogP contribution >= 0.6 is 11.3 Å². The van der Waals surface area contributed by atoms with Gasteiger partial charge in [0.25, 0.3) is 0 Å². The molecule has 4 nitrogen and oxygen atoms in total. The Bertz CT molecular complexity index is 646. The van der Waals surface area contributed by atoms with Gasteiger partial charge < -0.3 is 9.30 Å². The number of thiophene rings is 1. The lowest BCUT2D eigenvalue weighted by Crippen LogP contribution is -2.38. The van der Waals surface area contributed by atoms with Gasteiger partial charge in [-0.2, -0.15) is 0 Å². The number of fused-ring (bicyclic) bond motifs is 1. The molecule has 1 aliphatic rings. The highest BCUT2D eigenvalue weighted by Crippen LogP contribution is 2.31. The normalized spacial score (nSPS) is 18.4. The van der Waals surface area contributed by atoms with Crippen molar-refractivity contribution in [3.05, 3.63) is 52.3 Å². The molecule has 1 aliphatic heterocycles. The molecule has 0 aliphatic carbocycles. The Labute approximate surface area is 136 Å². The maximum absolute atomic E-state index is 5.78. The average molecular weight is 317 g/mol. The van der Waals surface area contributed by atoms with Gasteiger partial charge in [-0.3, -0.25) is 4.90 Å². The van der Waals surface area contributed by atoms with Gasteiger partial charge >= 0.3 is 0 Å². The number of aryl methyl sites for hydroxylation is 2. The van der Waals surface area contributed by atoms with E-state index < -0.39 is 0 Å². The minimum Gasteiger partial charge on any atom is -0.375 e. The maximum atomic E-state index is 5.78. The molecule has 0 bridgehead atoms. The van der Waals surface area contributed by atoms with Gasteiger partial charge in [-0.15, -0.1) is 17.9 Å². The van der Waals surface area contributed by atoms with E-state index in [1.165, 1.54) is 21.1 Å². The summed E-state index contributed by atoms with van der Waals surface area (Å²) in [7, 11) is 2.07. The zero-order chi connectivity index (χ0) is 15.5. The minimum absolute atomic E-state index is 0.263. The van der Waals surface area contributed by atoms with Crippen molar-refractivity contribution in [3.8, 4) is 0 Å². The monoisotopic (exact) mass is 317 g/mol. The van der Waals surface area contributed by atoms with E-state index in [-0.39, 0.29) is 6.04 Å². The Balaban J connectivity index is 1.81. The molecule has 0 saturated carbocycles. The van der Waals surface area contributed by atoms with E-state index in [0.717, 1.165) is 19.5 Å². The highest BCUT2D eigenvalue weighted by atomic mass is 32.1. The van der Waals surface area contributed by atoms with Crippen LogP contribution in [0.4, 0.5) is 0 Å². The van der Waals surface area contributed by atoms with Crippen molar-refractivity contribution >= 4 is 11.3 Å². The van der Waals surface area contributed by atoms with Crippen LogP contribution in [0.15, 0.2) is 31.1 Å². The molecule has 118 valence electrons. The van der Waals surface area contributed by atoms with Gasteiger partial charge in [0.15, 0.2) is 0 Å². The van der Waals surface area contributed by atoms with Crippen molar-refractivity contribution in [2.24, 2.45) is 7.05 Å². The molecule has 3 heterocycles. The van der Waals surface area contributed by atoms with Crippen LogP contribution < -0.4 is 0 Å². The zero-order valence-corrected chi connectivity index (χ0v) is 14.1. The molecule has 5 heteroatoms. The number of ether oxygens (including phenoxy) is 1. The molecule has 0 spiro atoms. The van der Waals surface area contributed by atoms with Crippen molar-refractivity contribution in [1.82, 2.24) is 14.5 Å². The molecule has 3 rings (SSSR count). The summed E-state index contributed by atoms with van der Waals surface area (Å²) in [4.78, 5) is 9.84. The van der Waals surface area contributed by atoms with E-state index in [9.17, 15) is 0 Å². The van der Waals surface area contributed by atoms with Gasteiger partial charge in [-0.1, -0.05) is 6.08 Å². The summed E-state index contributed by atoms with van der Waals surface area (Å²) in [6.07, 6.45) is 4.74. The molecule has 2 aromatic heterocycles. The Morgan fingerprint density at radius 1 is 1.50 bits per heavy atom. The third kappa shape index (κ3) is 3.16. The first kappa shape index (κ1) is 15.5. The fourth-order valence-electron chi connectivity index (χ4n) is 3.09. The second kappa shape index (κ2) is 6.77. The number of hydrogen-bond donors (Lipinski definition) is 0. The summed E-state index contributed by atoms with van der Waals surface area (Å²) in [6.45, 7) is 9.18.